The molecule has 0 atom stereocenters. The number of esters is 1. The highest BCUT2D eigenvalue weighted by Gasteiger charge is 2.16. The Labute approximate surface area is 151 Å². The number of nitriles is 2. The number of hydrogen-bond acceptors (Lipinski definition) is 5. The summed E-state index contributed by atoms with van der Waals surface area (Å²) in [6, 6.07) is 11.6. The highest BCUT2D eigenvalue weighted by atomic mass is 19.1. The molecule has 0 aromatic heterocycles. The van der Waals surface area contributed by atoms with Crippen molar-refractivity contribution in [3.05, 3.63) is 58.4 Å². The Balaban J connectivity index is 2.37. The lowest BCUT2D eigenvalue weighted by Crippen LogP contribution is -2.06. The smallest absolute Gasteiger partial charge is 0.302 e. The summed E-state index contributed by atoms with van der Waals surface area (Å²) in [7, 11) is 0. The molecular weight excluding hydrogens is 335 g/mol. The van der Waals surface area contributed by atoms with E-state index in [4.69, 9.17) is 20.0 Å². The summed E-state index contributed by atoms with van der Waals surface area (Å²) in [5.74, 6) is -0.708. The zero-order valence-electron chi connectivity index (χ0n) is 14.5. The molecule has 5 nitrogen and oxygen atoms in total. The van der Waals surface area contributed by atoms with Gasteiger partial charge >= 0.3 is 5.97 Å². The Morgan fingerprint density at radius 2 is 1.73 bits per heavy atom. The van der Waals surface area contributed by atoms with Crippen LogP contribution in [0.25, 0.3) is 0 Å². The molecule has 132 valence electrons. The van der Waals surface area contributed by atoms with E-state index in [1.54, 1.807) is 12.1 Å². The van der Waals surface area contributed by atoms with E-state index in [0.29, 0.717) is 17.5 Å². The minimum atomic E-state index is -0.544. The summed E-state index contributed by atoms with van der Waals surface area (Å²) < 4.78 is 25.5. The molecule has 0 amide bonds. The quantitative estimate of drug-likeness (QED) is 0.733. The van der Waals surface area contributed by atoms with Crippen LogP contribution in [0.5, 0.6) is 11.5 Å². The summed E-state index contributed by atoms with van der Waals surface area (Å²) in [5.41, 5.74) is 1.52. The molecule has 26 heavy (non-hydrogen) atoms. The second-order valence-electron chi connectivity index (χ2n) is 5.54. The van der Waals surface area contributed by atoms with Gasteiger partial charge in [0.15, 0.2) is 11.6 Å². The molecular formula is C20H17FN2O3. The van der Waals surface area contributed by atoms with Crippen LogP contribution in [0.3, 0.4) is 0 Å². The first kappa shape index (κ1) is 19.0. The number of benzene rings is 2. The number of nitrogens with zero attached hydrogens (tertiary/aromatic N) is 2. The lowest BCUT2D eigenvalue weighted by Gasteiger charge is -2.14. The molecule has 0 saturated carbocycles. The highest BCUT2D eigenvalue weighted by molar-refractivity contribution is 5.65. The normalized spacial score (nSPS) is 9.88. The standard InChI is InChI=1S/C20H17FN2O3/c1-3-16-4-5-17(6-7-25-13(2)24)19(21)20(16)26-18-9-14(11-22)8-15(10-18)12-23/h4-5,8-10H,3,6-7H2,1-2H3. The summed E-state index contributed by atoms with van der Waals surface area (Å²) >= 11 is 0. The second kappa shape index (κ2) is 8.64. The predicted molar refractivity (Wildman–Crippen MR) is 92.1 cm³/mol. The van der Waals surface area contributed by atoms with Gasteiger partial charge in [0.25, 0.3) is 0 Å². The number of ether oxygens (including phenoxy) is 2. The molecule has 0 heterocycles. The number of aryl methyl sites for hydroxylation is 1. The van der Waals surface area contributed by atoms with Crippen LogP contribution in [-0.2, 0) is 22.4 Å². The number of carbonyl (C=O) groups is 1. The zero-order valence-corrected chi connectivity index (χ0v) is 14.5. The van der Waals surface area contributed by atoms with E-state index in [2.05, 4.69) is 0 Å². The van der Waals surface area contributed by atoms with E-state index >= 15 is 0 Å². The van der Waals surface area contributed by atoms with Gasteiger partial charge in [-0.15, -0.1) is 0 Å². The van der Waals surface area contributed by atoms with Gasteiger partial charge in [-0.3, -0.25) is 4.79 Å². The predicted octanol–water partition coefficient (Wildman–Crippen LogP) is 4.03. The molecule has 0 aliphatic rings. The van der Waals surface area contributed by atoms with E-state index < -0.39 is 11.8 Å². The Morgan fingerprint density at radius 3 is 2.27 bits per heavy atom. The largest absolute Gasteiger partial charge is 0.466 e. The summed E-state index contributed by atoms with van der Waals surface area (Å²) in [6.45, 7) is 3.23. The van der Waals surface area contributed by atoms with Crippen LogP contribution in [0.1, 0.15) is 36.1 Å². The fourth-order valence-corrected chi connectivity index (χ4v) is 2.43. The fraction of sp³-hybridized carbons (Fsp3) is 0.250. The molecule has 6 heteroatoms. The molecule has 2 aromatic rings. The molecule has 0 aliphatic heterocycles. The Hall–Kier alpha value is -3.38. The molecule has 2 rings (SSSR count). The minimum Gasteiger partial charge on any atom is -0.466 e. The van der Waals surface area contributed by atoms with Gasteiger partial charge in [-0.2, -0.15) is 10.5 Å². The van der Waals surface area contributed by atoms with Crippen molar-refractivity contribution in [3.63, 3.8) is 0 Å². The zero-order chi connectivity index (χ0) is 19.1. The molecule has 0 saturated heterocycles. The average Bonchev–Trinajstić information content (AvgIpc) is 2.64. The molecule has 0 N–H and O–H groups in total. The van der Waals surface area contributed by atoms with Crippen molar-refractivity contribution in [3.8, 4) is 23.6 Å². The highest BCUT2D eigenvalue weighted by Crippen LogP contribution is 2.32. The van der Waals surface area contributed by atoms with E-state index in [1.165, 1.54) is 25.1 Å². The van der Waals surface area contributed by atoms with Crippen molar-refractivity contribution in [2.75, 3.05) is 6.61 Å². The van der Waals surface area contributed by atoms with Gasteiger partial charge in [0.2, 0.25) is 0 Å². The average molecular weight is 352 g/mol. The third-order valence-electron chi connectivity index (χ3n) is 3.70. The van der Waals surface area contributed by atoms with Crippen molar-refractivity contribution in [1.82, 2.24) is 0 Å². The van der Waals surface area contributed by atoms with Gasteiger partial charge in [0, 0.05) is 13.3 Å². The molecule has 0 fully saturated rings. The van der Waals surface area contributed by atoms with Crippen LogP contribution in [0, 0.1) is 28.5 Å². The van der Waals surface area contributed by atoms with Crippen molar-refractivity contribution >= 4 is 5.97 Å². The maximum absolute atomic E-state index is 14.9. The van der Waals surface area contributed by atoms with Crippen molar-refractivity contribution in [1.29, 1.82) is 10.5 Å². The minimum absolute atomic E-state index is 0.0480. The van der Waals surface area contributed by atoms with E-state index in [1.807, 2.05) is 19.1 Å². The fourth-order valence-electron chi connectivity index (χ4n) is 2.43. The van der Waals surface area contributed by atoms with Crippen molar-refractivity contribution in [2.45, 2.75) is 26.7 Å². The van der Waals surface area contributed by atoms with Gasteiger partial charge in [-0.1, -0.05) is 19.1 Å². The monoisotopic (exact) mass is 352 g/mol. The third kappa shape index (κ3) is 4.58. The third-order valence-corrected chi connectivity index (χ3v) is 3.70. The second-order valence-corrected chi connectivity index (χ2v) is 5.54. The molecule has 0 bridgehead atoms. The Kier molecular flexibility index (Phi) is 6.30. The van der Waals surface area contributed by atoms with Crippen molar-refractivity contribution < 1.29 is 18.7 Å². The lowest BCUT2D eigenvalue weighted by atomic mass is 10.0. The topological polar surface area (TPSA) is 83.1 Å². The number of carbonyl (C=O) groups excluding carboxylic acids is 1. The first-order valence-corrected chi connectivity index (χ1v) is 8.05. The van der Waals surface area contributed by atoms with Crippen LogP contribution >= 0.6 is 0 Å². The van der Waals surface area contributed by atoms with Crippen LogP contribution in [-0.4, -0.2) is 12.6 Å². The first-order chi connectivity index (χ1) is 12.5. The first-order valence-electron chi connectivity index (χ1n) is 8.05. The molecule has 2 aromatic carbocycles. The maximum Gasteiger partial charge on any atom is 0.302 e. The van der Waals surface area contributed by atoms with Crippen LogP contribution in [0.15, 0.2) is 30.3 Å². The SMILES string of the molecule is CCc1ccc(CCOC(C)=O)c(F)c1Oc1cc(C#N)cc(C#N)c1. The van der Waals surface area contributed by atoms with Gasteiger partial charge in [-0.05, 0) is 35.7 Å². The lowest BCUT2D eigenvalue weighted by molar-refractivity contribution is -0.140. The van der Waals surface area contributed by atoms with Crippen molar-refractivity contribution in [2.24, 2.45) is 0 Å². The van der Waals surface area contributed by atoms with E-state index in [9.17, 15) is 9.18 Å². The Bertz CT molecular complexity index is 878. The Morgan fingerprint density at radius 1 is 1.12 bits per heavy atom. The van der Waals surface area contributed by atoms with E-state index in [-0.39, 0.29) is 35.7 Å². The van der Waals surface area contributed by atoms with Gasteiger partial charge in [0.05, 0.1) is 29.9 Å². The summed E-state index contributed by atoms with van der Waals surface area (Å²) in [5, 5.41) is 18.1. The number of rotatable bonds is 6. The van der Waals surface area contributed by atoms with Crippen LogP contribution in [0.2, 0.25) is 0 Å². The summed E-state index contributed by atoms with van der Waals surface area (Å²) in [4.78, 5) is 10.9. The van der Waals surface area contributed by atoms with Gasteiger partial charge < -0.3 is 9.47 Å². The number of hydrogen-bond donors (Lipinski definition) is 0. The van der Waals surface area contributed by atoms with Crippen LogP contribution < -0.4 is 4.74 Å². The maximum atomic E-state index is 14.9. The van der Waals surface area contributed by atoms with Gasteiger partial charge in [0.1, 0.15) is 5.75 Å². The molecule has 0 unspecified atom stereocenters. The number of halogens is 1. The molecule has 0 aliphatic carbocycles. The van der Waals surface area contributed by atoms with Crippen LogP contribution in [0.4, 0.5) is 4.39 Å². The van der Waals surface area contributed by atoms with E-state index in [0.717, 1.165) is 0 Å². The molecule has 0 spiro atoms. The molecule has 0 radical (unpaired) electrons. The van der Waals surface area contributed by atoms with Gasteiger partial charge in [-0.25, -0.2) is 4.39 Å². The summed E-state index contributed by atoms with van der Waals surface area (Å²) in [6.07, 6.45) is 0.757.